The summed E-state index contributed by atoms with van der Waals surface area (Å²) in [6, 6.07) is 0. The normalized spacial score (nSPS) is 23.9. The van der Waals surface area contributed by atoms with E-state index in [1.54, 1.807) is 0 Å². The Bertz CT molecular complexity index is 299. The van der Waals surface area contributed by atoms with Crippen molar-refractivity contribution in [2.75, 3.05) is 39.4 Å². The molecule has 1 N–H and O–H groups in total. The Morgan fingerprint density at radius 2 is 2.25 bits per heavy atom. The van der Waals surface area contributed by atoms with E-state index in [0.29, 0.717) is 13.2 Å². The van der Waals surface area contributed by atoms with Gasteiger partial charge in [0.25, 0.3) is 0 Å². The summed E-state index contributed by atoms with van der Waals surface area (Å²) in [7, 11) is 0. The van der Waals surface area contributed by atoms with E-state index in [2.05, 4.69) is 24.1 Å². The van der Waals surface area contributed by atoms with E-state index in [-0.39, 0.29) is 12.1 Å². The summed E-state index contributed by atoms with van der Waals surface area (Å²) in [5, 5.41) is 3.36. The van der Waals surface area contributed by atoms with Gasteiger partial charge in [-0.25, -0.2) is 0 Å². The lowest BCUT2D eigenvalue weighted by Gasteiger charge is -2.34. The van der Waals surface area contributed by atoms with E-state index < -0.39 is 5.54 Å². The molecule has 20 heavy (non-hydrogen) atoms. The second-order valence-corrected chi connectivity index (χ2v) is 5.75. The van der Waals surface area contributed by atoms with Gasteiger partial charge < -0.3 is 14.8 Å². The summed E-state index contributed by atoms with van der Waals surface area (Å²) in [6.07, 6.45) is 2.22. The van der Waals surface area contributed by atoms with Gasteiger partial charge in [0.1, 0.15) is 5.54 Å². The third kappa shape index (κ3) is 5.38. The molecule has 1 fully saturated rings. The summed E-state index contributed by atoms with van der Waals surface area (Å²) < 4.78 is 10.9. The number of nitrogens with zero attached hydrogens (tertiary/aromatic N) is 1. The molecule has 2 atom stereocenters. The van der Waals surface area contributed by atoms with Crippen molar-refractivity contribution in [3.8, 4) is 0 Å². The number of ether oxygens (including phenoxy) is 2. The first kappa shape index (κ1) is 17.4. The minimum absolute atomic E-state index is 0.161. The average Bonchev–Trinajstić information content (AvgIpc) is 2.61. The number of esters is 1. The van der Waals surface area contributed by atoms with Crippen LogP contribution in [0.4, 0.5) is 0 Å². The highest BCUT2D eigenvalue weighted by atomic mass is 16.5. The first-order valence-electron chi connectivity index (χ1n) is 7.78. The molecule has 0 aliphatic carbocycles. The first-order valence-corrected chi connectivity index (χ1v) is 7.78. The van der Waals surface area contributed by atoms with Gasteiger partial charge in [-0.2, -0.15) is 0 Å². The van der Waals surface area contributed by atoms with Crippen LogP contribution in [0.25, 0.3) is 0 Å². The molecule has 1 aliphatic heterocycles. The predicted octanol–water partition coefficient (Wildman–Crippen LogP) is 1.42. The lowest BCUT2D eigenvalue weighted by molar-refractivity contribution is -0.151. The van der Waals surface area contributed by atoms with Gasteiger partial charge in [-0.1, -0.05) is 6.92 Å². The molecule has 1 heterocycles. The maximum Gasteiger partial charge on any atom is 0.327 e. The molecule has 0 amide bonds. The number of rotatable bonds is 7. The third-order valence-corrected chi connectivity index (χ3v) is 3.57. The average molecular weight is 286 g/mol. The third-order valence-electron chi connectivity index (χ3n) is 3.57. The zero-order valence-corrected chi connectivity index (χ0v) is 13.4. The second-order valence-electron chi connectivity index (χ2n) is 5.75. The van der Waals surface area contributed by atoms with Crippen molar-refractivity contribution < 1.29 is 14.3 Å². The molecular weight excluding hydrogens is 256 g/mol. The van der Waals surface area contributed by atoms with Crippen LogP contribution in [-0.2, 0) is 14.3 Å². The number of carbonyl (C=O) groups is 1. The fourth-order valence-corrected chi connectivity index (χ4v) is 2.55. The van der Waals surface area contributed by atoms with Crippen LogP contribution in [-0.4, -0.2) is 61.9 Å². The van der Waals surface area contributed by atoms with E-state index in [0.717, 1.165) is 39.1 Å². The maximum absolute atomic E-state index is 12.3. The van der Waals surface area contributed by atoms with E-state index in [4.69, 9.17) is 9.47 Å². The second kappa shape index (κ2) is 8.60. The topological polar surface area (TPSA) is 50.8 Å². The fourth-order valence-electron chi connectivity index (χ4n) is 2.55. The summed E-state index contributed by atoms with van der Waals surface area (Å²) in [5.41, 5.74) is -0.643. The van der Waals surface area contributed by atoms with Crippen molar-refractivity contribution in [3.63, 3.8) is 0 Å². The summed E-state index contributed by atoms with van der Waals surface area (Å²) in [4.78, 5) is 14.6. The van der Waals surface area contributed by atoms with Crippen LogP contribution in [0, 0.1) is 0 Å². The highest BCUT2D eigenvalue weighted by Gasteiger charge is 2.36. The number of hydrogen-bond acceptors (Lipinski definition) is 5. The van der Waals surface area contributed by atoms with Crippen molar-refractivity contribution in [3.05, 3.63) is 0 Å². The van der Waals surface area contributed by atoms with Gasteiger partial charge in [-0.15, -0.1) is 0 Å². The molecule has 0 aromatic carbocycles. The molecule has 0 radical (unpaired) electrons. The molecule has 0 spiro atoms. The number of nitrogens with one attached hydrogen (secondary N) is 1. The fraction of sp³-hybridized carbons (Fsp3) is 0.933. The molecule has 5 heteroatoms. The van der Waals surface area contributed by atoms with E-state index >= 15 is 0 Å². The van der Waals surface area contributed by atoms with Crippen molar-refractivity contribution in [2.24, 2.45) is 0 Å². The molecule has 1 saturated heterocycles. The van der Waals surface area contributed by atoms with Crippen molar-refractivity contribution in [2.45, 2.75) is 52.2 Å². The van der Waals surface area contributed by atoms with Crippen LogP contribution in [0.1, 0.15) is 40.5 Å². The summed E-state index contributed by atoms with van der Waals surface area (Å²) in [5.74, 6) is -0.161. The van der Waals surface area contributed by atoms with Gasteiger partial charge >= 0.3 is 5.97 Å². The standard InChI is InChI=1S/C15H30N2O3/c1-5-8-16-15(4,14(18)19-6-2)12-17-9-7-10-20-13(3)11-17/h13,16H,5-12H2,1-4H3. The minimum Gasteiger partial charge on any atom is -0.465 e. The monoisotopic (exact) mass is 286 g/mol. The molecule has 2 unspecified atom stereocenters. The molecule has 0 bridgehead atoms. The van der Waals surface area contributed by atoms with E-state index in [1.807, 2.05) is 13.8 Å². The van der Waals surface area contributed by atoms with Gasteiger partial charge in [0, 0.05) is 26.2 Å². The van der Waals surface area contributed by atoms with Gasteiger partial charge in [-0.05, 0) is 40.2 Å². The quantitative estimate of drug-likeness (QED) is 0.717. The molecule has 0 aromatic heterocycles. The van der Waals surface area contributed by atoms with Crippen LogP contribution >= 0.6 is 0 Å². The Morgan fingerprint density at radius 1 is 1.50 bits per heavy atom. The van der Waals surface area contributed by atoms with Crippen LogP contribution in [0.15, 0.2) is 0 Å². The lowest BCUT2D eigenvalue weighted by atomic mass is 10.0. The Morgan fingerprint density at radius 3 is 2.90 bits per heavy atom. The number of hydrogen-bond donors (Lipinski definition) is 1. The molecule has 0 aromatic rings. The molecular formula is C15H30N2O3. The molecule has 118 valence electrons. The van der Waals surface area contributed by atoms with Crippen molar-refractivity contribution in [1.29, 1.82) is 0 Å². The van der Waals surface area contributed by atoms with Crippen LogP contribution < -0.4 is 5.32 Å². The smallest absolute Gasteiger partial charge is 0.327 e. The van der Waals surface area contributed by atoms with Gasteiger partial charge in [0.05, 0.1) is 12.7 Å². The zero-order chi connectivity index (χ0) is 15.0. The van der Waals surface area contributed by atoms with Gasteiger partial charge in [-0.3, -0.25) is 9.69 Å². The minimum atomic E-state index is -0.643. The molecule has 1 rings (SSSR count). The van der Waals surface area contributed by atoms with Crippen molar-refractivity contribution in [1.82, 2.24) is 10.2 Å². The SMILES string of the molecule is CCCNC(C)(CN1CCCOC(C)C1)C(=O)OCC. The Hall–Kier alpha value is -0.650. The highest BCUT2D eigenvalue weighted by molar-refractivity contribution is 5.80. The summed E-state index contributed by atoms with van der Waals surface area (Å²) in [6.45, 7) is 12.5. The maximum atomic E-state index is 12.3. The van der Waals surface area contributed by atoms with Crippen molar-refractivity contribution >= 4 is 5.97 Å². The molecule has 0 saturated carbocycles. The first-order chi connectivity index (χ1) is 9.51. The molecule has 1 aliphatic rings. The van der Waals surface area contributed by atoms with E-state index in [9.17, 15) is 4.79 Å². The van der Waals surface area contributed by atoms with Crippen LogP contribution in [0.3, 0.4) is 0 Å². The Labute approximate surface area is 123 Å². The highest BCUT2D eigenvalue weighted by Crippen LogP contribution is 2.14. The Kier molecular flexibility index (Phi) is 7.48. The predicted molar refractivity (Wildman–Crippen MR) is 79.8 cm³/mol. The lowest BCUT2D eigenvalue weighted by Crippen LogP contribution is -2.58. The Balaban J connectivity index is 2.68. The van der Waals surface area contributed by atoms with Gasteiger partial charge in [0.15, 0.2) is 0 Å². The largest absolute Gasteiger partial charge is 0.465 e. The molecule has 5 nitrogen and oxygen atoms in total. The van der Waals surface area contributed by atoms with Crippen LogP contribution in [0.2, 0.25) is 0 Å². The summed E-state index contributed by atoms with van der Waals surface area (Å²) >= 11 is 0. The number of carbonyl (C=O) groups excluding carboxylic acids is 1. The van der Waals surface area contributed by atoms with E-state index in [1.165, 1.54) is 0 Å². The zero-order valence-electron chi connectivity index (χ0n) is 13.4. The van der Waals surface area contributed by atoms with Crippen LogP contribution in [0.5, 0.6) is 0 Å². The van der Waals surface area contributed by atoms with Gasteiger partial charge in [0.2, 0.25) is 0 Å².